The van der Waals surface area contributed by atoms with Gasteiger partial charge in [0.15, 0.2) is 0 Å². The Morgan fingerprint density at radius 1 is 1.15 bits per heavy atom. The van der Waals surface area contributed by atoms with Crippen molar-refractivity contribution in [1.29, 1.82) is 0 Å². The number of aromatic nitrogens is 1. The van der Waals surface area contributed by atoms with E-state index < -0.39 is 33.2 Å². The zero-order valence-electron chi connectivity index (χ0n) is 17.1. The van der Waals surface area contributed by atoms with E-state index in [-0.39, 0.29) is 34.6 Å². The smallest absolute Gasteiger partial charge is 0.305 e. The largest absolute Gasteiger partial charge is 0.446 e. The summed E-state index contributed by atoms with van der Waals surface area (Å²) in [5.74, 6) is -0.463. The molecular formula is C19H18F3N5O4S2. The molecule has 0 atom stereocenters. The van der Waals surface area contributed by atoms with Crippen molar-refractivity contribution in [2.24, 2.45) is 0 Å². The molecule has 1 aromatic heterocycles. The van der Waals surface area contributed by atoms with Crippen molar-refractivity contribution in [3.63, 3.8) is 0 Å². The quantitative estimate of drug-likeness (QED) is 0.446. The molecule has 176 valence electrons. The van der Waals surface area contributed by atoms with E-state index in [4.69, 9.17) is 0 Å². The third-order valence-corrected chi connectivity index (χ3v) is 7.11. The first kappa shape index (κ1) is 23.3. The van der Waals surface area contributed by atoms with Crippen LogP contribution in [0.25, 0.3) is 0 Å². The lowest BCUT2D eigenvalue weighted by molar-refractivity contribution is -0.120. The van der Waals surface area contributed by atoms with Crippen molar-refractivity contribution in [3.05, 3.63) is 48.3 Å². The number of thioether (sulfide) groups is 1. The maximum atomic E-state index is 13.2. The second-order valence-electron chi connectivity index (χ2n) is 7.43. The van der Waals surface area contributed by atoms with Crippen molar-refractivity contribution in [3.8, 4) is 0 Å². The van der Waals surface area contributed by atoms with E-state index in [1.165, 1.54) is 54.7 Å². The predicted octanol–water partition coefficient (Wildman–Crippen LogP) is 3.07. The molecule has 2 N–H and O–H groups in total. The van der Waals surface area contributed by atoms with Crippen LogP contribution in [0.2, 0.25) is 0 Å². The number of amides is 3. The number of halogens is 3. The highest BCUT2D eigenvalue weighted by Gasteiger charge is 2.65. The van der Waals surface area contributed by atoms with Gasteiger partial charge in [0.25, 0.3) is 16.1 Å². The fraction of sp³-hybridized carbons (Fsp3) is 0.316. The third kappa shape index (κ3) is 4.63. The Morgan fingerprint density at radius 3 is 2.39 bits per heavy atom. The number of carbonyl (C=O) groups excluding carboxylic acids is 2. The average molecular weight is 502 g/mol. The summed E-state index contributed by atoms with van der Waals surface area (Å²) in [6.07, 6.45) is 3.59. The molecule has 1 aromatic carbocycles. The lowest BCUT2D eigenvalue weighted by Crippen LogP contribution is -2.37. The summed E-state index contributed by atoms with van der Waals surface area (Å²) in [7, 11) is -2.61. The number of anilines is 2. The van der Waals surface area contributed by atoms with Gasteiger partial charge >= 0.3 is 11.5 Å². The van der Waals surface area contributed by atoms with Gasteiger partial charge in [-0.2, -0.15) is 21.6 Å². The first-order valence-electron chi connectivity index (χ1n) is 9.62. The topological polar surface area (TPSA) is 112 Å². The summed E-state index contributed by atoms with van der Waals surface area (Å²) >= 11 is -0.290. The number of hydrogen-bond acceptors (Lipinski definition) is 6. The molecule has 1 saturated heterocycles. The van der Waals surface area contributed by atoms with Gasteiger partial charge in [0.2, 0.25) is 0 Å². The van der Waals surface area contributed by atoms with Gasteiger partial charge in [-0.3, -0.25) is 14.5 Å². The van der Waals surface area contributed by atoms with Crippen LogP contribution in [-0.2, 0) is 21.5 Å². The van der Waals surface area contributed by atoms with Gasteiger partial charge in [-0.1, -0.05) is 0 Å². The molecule has 4 rings (SSSR count). The van der Waals surface area contributed by atoms with E-state index >= 15 is 0 Å². The standard InChI is InChI=1S/C19H18F3N5O4S2/c1-23-33(30,31)25-15-10-24-9-6-12(15)11-26-17(29)27(16(28)18(26)7-8-18)13-2-4-14(5-3-13)32-19(20,21)22/h2-6,9-10,23,25H,7-8,11H2,1H3. The lowest BCUT2D eigenvalue weighted by Gasteiger charge is -2.22. The molecular weight excluding hydrogens is 483 g/mol. The molecule has 0 radical (unpaired) electrons. The molecule has 1 spiro atoms. The van der Waals surface area contributed by atoms with Crippen molar-refractivity contribution < 1.29 is 31.2 Å². The highest BCUT2D eigenvalue weighted by atomic mass is 32.2. The van der Waals surface area contributed by atoms with E-state index in [0.29, 0.717) is 18.4 Å². The van der Waals surface area contributed by atoms with Gasteiger partial charge in [-0.05, 0) is 60.5 Å². The fourth-order valence-corrected chi connectivity index (χ4v) is 4.69. The van der Waals surface area contributed by atoms with Crippen molar-refractivity contribution >= 4 is 45.3 Å². The minimum Gasteiger partial charge on any atom is -0.305 e. The molecule has 1 aliphatic carbocycles. The van der Waals surface area contributed by atoms with E-state index in [0.717, 1.165) is 4.90 Å². The van der Waals surface area contributed by atoms with Crippen LogP contribution in [0.15, 0.2) is 47.6 Å². The molecule has 2 aromatic rings. The minimum atomic E-state index is -4.45. The fourth-order valence-electron chi connectivity index (χ4n) is 3.58. The minimum absolute atomic E-state index is 0.0623. The first-order chi connectivity index (χ1) is 15.5. The molecule has 0 unspecified atom stereocenters. The number of benzene rings is 1. The van der Waals surface area contributed by atoms with Crippen LogP contribution >= 0.6 is 11.8 Å². The Hall–Kier alpha value is -2.84. The molecule has 2 aliphatic rings. The maximum absolute atomic E-state index is 13.2. The van der Waals surface area contributed by atoms with Crippen molar-refractivity contribution in [2.75, 3.05) is 16.7 Å². The van der Waals surface area contributed by atoms with E-state index in [2.05, 4.69) is 14.4 Å². The highest BCUT2D eigenvalue weighted by Crippen LogP contribution is 2.50. The van der Waals surface area contributed by atoms with Crippen LogP contribution in [0.1, 0.15) is 18.4 Å². The summed E-state index contributed by atoms with van der Waals surface area (Å²) in [5.41, 5.74) is -4.77. The number of nitrogens with zero attached hydrogens (tertiary/aromatic N) is 3. The number of carbonyl (C=O) groups is 2. The van der Waals surface area contributed by atoms with Gasteiger partial charge < -0.3 is 4.90 Å². The second-order valence-corrected chi connectivity index (χ2v) is 10.2. The third-order valence-electron chi connectivity index (χ3n) is 5.35. The summed E-state index contributed by atoms with van der Waals surface area (Å²) in [6, 6.07) is 5.89. The zero-order chi connectivity index (χ0) is 24.0. The monoisotopic (exact) mass is 501 g/mol. The SMILES string of the molecule is CNS(=O)(=O)Nc1cnccc1CN1C(=O)N(c2ccc(SC(F)(F)F)cc2)C(=O)C12CC2. The van der Waals surface area contributed by atoms with E-state index in [1.54, 1.807) is 0 Å². The lowest BCUT2D eigenvalue weighted by atomic mass is 10.1. The van der Waals surface area contributed by atoms with Gasteiger partial charge in [-0.15, -0.1) is 0 Å². The number of alkyl halides is 3. The second kappa shape index (κ2) is 8.18. The maximum Gasteiger partial charge on any atom is 0.446 e. The molecule has 1 saturated carbocycles. The highest BCUT2D eigenvalue weighted by molar-refractivity contribution is 8.00. The van der Waals surface area contributed by atoms with E-state index in [9.17, 15) is 31.2 Å². The van der Waals surface area contributed by atoms with Gasteiger partial charge in [0.05, 0.1) is 24.1 Å². The first-order valence-corrected chi connectivity index (χ1v) is 11.9. The van der Waals surface area contributed by atoms with Crippen LogP contribution < -0.4 is 14.3 Å². The number of imide groups is 1. The van der Waals surface area contributed by atoms with Crippen molar-refractivity contribution in [2.45, 2.75) is 35.3 Å². The molecule has 1 aliphatic heterocycles. The number of rotatable bonds is 7. The molecule has 2 fully saturated rings. The molecule has 0 bridgehead atoms. The van der Waals surface area contributed by atoms with Gasteiger partial charge in [0.1, 0.15) is 5.54 Å². The van der Waals surface area contributed by atoms with Crippen LogP contribution in [0, 0.1) is 0 Å². The predicted molar refractivity (Wildman–Crippen MR) is 115 cm³/mol. The van der Waals surface area contributed by atoms with Crippen LogP contribution in [0.5, 0.6) is 0 Å². The Balaban J connectivity index is 1.60. The Bertz CT molecular complexity index is 1200. The number of pyridine rings is 1. The summed E-state index contributed by atoms with van der Waals surface area (Å²) in [4.78, 5) is 32.5. The summed E-state index contributed by atoms with van der Waals surface area (Å²) < 4.78 is 66.0. The zero-order valence-corrected chi connectivity index (χ0v) is 18.7. The van der Waals surface area contributed by atoms with Gasteiger partial charge in [-0.25, -0.2) is 14.4 Å². The summed E-state index contributed by atoms with van der Waals surface area (Å²) in [5, 5.41) is 0. The Kier molecular flexibility index (Phi) is 5.78. The van der Waals surface area contributed by atoms with E-state index in [1.807, 2.05) is 0 Å². The van der Waals surface area contributed by atoms with Crippen LogP contribution in [-0.4, -0.2) is 48.3 Å². The Morgan fingerprint density at radius 2 is 1.82 bits per heavy atom. The molecule has 9 nitrogen and oxygen atoms in total. The molecule has 3 amide bonds. The Labute approximate surface area is 191 Å². The number of nitrogens with one attached hydrogen (secondary N) is 2. The summed E-state index contributed by atoms with van der Waals surface area (Å²) in [6.45, 7) is -0.0623. The normalized spacial score (nSPS) is 17.7. The van der Waals surface area contributed by atoms with Crippen LogP contribution in [0.4, 0.5) is 29.3 Å². The van der Waals surface area contributed by atoms with Crippen LogP contribution in [0.3, 0.4) is 0 Å². The average Bonchev–Trinajstić information content (AvgIpc) is 3.51. The molecule has 2 heterocycles. The molecule has 33 heavy (non-hydrogen) atoms. The molecule has 14 heteroatoms. The number of urea groups is 1. The van der Waals surface area contributed by atoms with Gasteiger partial charge in [0, 0.05) is 18.1 Å². The van der Waals surface area contributed by atoms with Crippen molar-refractivity contribution in [1.82, 2.24) is 14.6 Å². The number of hydrogen-bond donors (Lipinski definition) is 2.